The zero-order chi connectivity index (χ0) is 12.5. The van der Waals surface area contributed by atoms with Crippen molar-refractivity contribution in [3.8, 4) is 0 Å². The summed E-state index contributed by atoms with van der Waals surface area (Å²) in [5, 5.41) is 3.28. The van der Waals surface area contributed by atoms with E-state index in [1.54, 1.807) is 0 Å². The summed E-state index contributed by atoms with van der Waals surface area (Å²) in [6, 6.07) is 8.33. The van der Waals surface area contributed by atoms with Crippen molar-refractivity contribution >= 4 is 34.2 Å². The molecule has 1 aliphatic heterocycles. The average Bonchev–Trinajstić information content (AvgIpc) is 3.19. The number of nitrogens with zero attached hydrogens (tertiary/aromatic N) is 1. The SMILES string of the molecule is Cl.O=C(C1CC1c1cccc(Br)c1)N1CCNCC1. The first-order chi connectivity index (χ1) is 8.75. The molecule has 1 N–H and O–H groups in total. The maximum absolute atomic E-state index is 12.3. The third-order valence-electron chi connectivity index (χ3n) is 3.81. The molecule has 19 heavy (non-hydrogen) atoms. The zero-order valence-electron chi connectivity index (χ0n) is 10.6. The number of carbonyl (C=O) groups excluding carboxylic acids is 1. The molecule has 1 amide bonds. The van der Waals surface area contributed by atoms with Gasteiger partial charge in [0, 0.05) is 36.6 Å². The molecule has 0 radical (unpaired) electrons. The second-order valence-corrected chi connectivity index (χ2v) is 5.99. The van der Waals surface area contributed by atoms with Gasteiger partial charge >= 0.3 is 0 Å². The van der Waals surface area contributed by atoms with Gasteiger partial charge in [0.15, 0.2) is 0 Å². The molecular weight excluding hydrogens is 328 g/mol. The third kappa shape index (κ3) is 3.30. The summed E-state index contributed by atoms with van der Waals surface area (Å²) in [5.41, 5.74) is 1.29. The van der Waals surface area contributed by atoms with Crippen molar-refractivity contribution in [1.29, 1.82) is 0 Å². The monoisotopic (exact) mass is 344 g/mol. The second kappa shape index (κ2) is 6.25. The molecule has 1 aliphatic carbocycles. The Labute approximate surface area is 128 Å². The molecule has 1 saturated heterocycles. The maximum atomic E-state index is 12.3. The summed E-state index contributed by atoms with van der Waals surface area (Å²) >= 11 is 3.49. The summed E-state index contributed by atoms with van der Waals surface area (Å²) in [6.45, 7) is 3.58. The number of nitrogens with one attached hydrogen (secondary N) is 1. The lowest BCUT2D eigenvalue weighted by atomic mass is 10.1. The van der Waals surface area contributed by atoms with Crippen molar-refractivity contribution in [2.45, 2.75) is 12.3 Å². The minimum atomic E-state index is 0. The van der Waals surface area contributed by atoms with Crippen LogP contribution in [0.15, 0.2) is 28.7 Å². The lowest BCUT2D eigenvalue weighted by Gasteiger charge is -2.27. The van der Waals surface area contributed by atoms with Crippen molar-refractivity contribution in [2.75, 3.05) is 26.2 Å². The van der Waals surface area contributed by atoms with Gasteiger partial charge in [0.2, 0.25) is 5.91 Å². The summed E-state index contributed by atoms with van der Waals surface area (Å²) < 4.78 is 1.10. The second-order valence-electron chi connectivity index (χ2n) is 5.08. The molecule has 3 rings (SSSR count). The lowest BCUT2D eigenvalue weighted by molar-refractivity contribution is -0.133. The Morgan fingerprint density at radius 3 is 2.74 bits per heavy atom. The van der Waals surface area contributed by atoms with E-state index in [-0.39, 0.29) is 18.3 Å². The predicted octanol–water partition coefficient (Wildman–Crippen LogP) is 2.41. The number of piperazine rings is 1. The molecule has 104 valence electrons. The molecule has 1 aromatic rings. The van der Waals surface area contributed by atoms with Gasteiger partial charge in [-0.05, 0) is 30.0 Å². The zero-order valence-corrected chi connectivity index (χ0v) is 13.0. The van der Waals surface area contributed by atoms with E-state index in [0.717, 1.165) is 37.1 Å². The smallest absolute Gasteiger partial charge is 0.226 e. The molecule has 3 nitrogen and oxygen atoms in total. The largest absolute Gasteiger partial charge is 0.340 e. The number of hydrogen-bond acceptors (Lipinski definition) is 2. The first-order valence-electron chi connectivity index (χ1n) is 6.50. The Kier molecular flexibility index (Phi) is 4.87. The number of benzene rings is 1. The van der Waals surface area contributed by atoms with Crippen LogP contribution in [0.3, 0.4) is 0 Å². The van der Waals surface area contributed by atoms with E-state index in [1.807, 2.05) is 17.0 Å². The van der Waals surface area contributed by atoms with E-state index in [4.69, 9.17) is 0 Å². The minimum Gasteiger partial charge on any atom is -0.340 e. The van der Waals surface area contributed by atoms with Crippen molar-refractivity contribution in [1.82, 2.24) is 10.2 Å². The highest BCUT2D eigenvalue weighted by Gasteiger charge is 2.45. The molecule has 0 spiro atoms. The number of hydrogen-bond donors (Lipinski definition) is 1. The maximum Gasteiger partial charge on any atom is 0.226 e. The van der Waals surface area contributed by atoms with Gasteiger partial charge in [-0.3, -0.25) is 4.79 Å². The van der Waals surface area contributed by atoms with Gasteiger partial charge in [-0.25, -0.2) is 0 Å². The molecular formula is C14H18BrClN2O. The van der Waals surface area contributed by atoms with Crippen LogP contribution in [0.5, 0.6) is 0 Å². The van der Waals surface area contributed by atoms with Crippen LogP contribution in [0.1, 0.15) is 17.9 Å². The standard InChI is InChI=1S/C14H17BrN2O.ClH/c15-11-3-1-2-10(8-11)12-9-13(12)14(18)17-6-4-16-5-7-17;/h1-3,8,12-13,16H,4-7,9H2;1H. The topological polar surface area (TPSA) is 32.3 Å². The number of halogens is 2. The van der Waals surface area contributed by atoms with Crippen LogP contribution in [0.4, 0.5) is 0 Å². The predicted molar refractivity (Wildman–Crippen MR) is 81.7 cm³/mol. The van der Waals surface area contributed by atoms with Gasteiger partial charge in [-0.1, -0.05) is 28.1 Å². The van der Waals surface area contributed by atoms with Crippen molar-refractivity contribution in [3.63, 3.8) is 0 Å². The highest BCUT2D eigenvalue weighted by Crippen LogP contribution is 2.48. The molecule has 1 heterocycles. The fourth-order valence-electron chi connectivity index (χ4n) is 2.69. The van der Waals surface area contributed by atoms with E-state index in [9.17, 15) is 4.79 Å². The van der Waals surface area contributed by atoms with Crippen LogP contribution in [0.2, 0.25) is 0 Å². The molecule has 2 aliphatic rings. The minimum absolute atomic E-state index is 0. The van der Waals surface area contributed by atoms with Crippen molar-refractivity contribution in [2.24, 2.45) is 5.92 Å². The molecule has 5 heteroatoms. The molecule has 2 fully saturated rings. The van der Waals surface area contributed by atoms with Crippen molar-refractivity contribution < 1.29 is 4.79 Å². The van der Waals surface area contributed by atoms with Gasteiger partial charge < -0.3 is 10.2 Å². The number of rotatable bonds is 2. The van der Waals surface area contributed by atoms with E-state index in [2.05, 4.69) is 33.4 Å². The fraction of sp³-hybridized carbons (Fsp3) is 0.500. The normalized spacial score (nSPS) is 25.6. The summed E-state index contributed by atoms with van der Waals surface area (Å²) in [6.07, 6.45) is 1.01. The molecule has 2 atom stereocenters. The van der Waals surface area contributed by atoms with Crippen molar-refractivity contribution in [3.05, 3.63) is 34.3 Å². The summed E-state index contributed by atoms with van der Waals surface area (Å²) in [4.78, 5) is 14.3. The molecule has 2 unspecified atom stereocenters. The Bertz CT molecular complexity index is 463. The first-order valence-corrected chi connectivity index (χ1v) is 7.30. The Morgan fingerprint density at radius 1 is 1.32 bits per heavy atom. The Balaban J connectivity index is 0.00000133. The van der Waals surface area contributed by atoms with E-state index in [0.29, 0.717) is 11.8 Å². The number of carbonyl (C=O) groups is 1. The van der Waals surface area contributed by atoms with Crippen LogP contribution in [0.25, 0.3) is 0 Å². The fourth-order valence-corrected chi connectivity index (χ4v) is 3.11. The Morgan fingerprint density at radius 2 is 2.05 bits per heavy atom. The van der Waals surface area contributed by atoms with E-state index in [1.165, 1.54) is 5.56 Å². The lowest BCUT2D eigenvalue weighted by Crippen LogP contribution is -2.47. The average molecular weight is 346 g/mol. The van der Waals surface area contributed by atoms with Gasteiger partial charge in [-0.15, -0.1) is 12.4 Å². The molecule has 0 bridgehead atoms. The van der Waals surface area contributed by atoms with Crippen LogP contribution in [-0.2, 0) is 4.79 Å². The van der Waals surface area contributed by atoms with E-state index >= 15 is 0 Å². The van der Waals surface area contributed by atoms with Crippen LogP contribution in [0, 0.1) is 5.92 Å². The Hall–Kier alpha value is -0.580. The summed E-state index contributed by atoms with van der Waals surface area (Å²) in [7, 11) is 0. The third-order valence-corrected chi connectivity index (χ3v) is 4.31. The van der Waals surface area contributed by atoms with E-state index < -0.39 is 0 Å². The van der Waals surface area contributed by atoms with Gasteiger partial charge in [0.1, 0.15) is 0 Å². The van der Waals surface area contributed by atoms with Gasteiger partial charge in [0.25, 0.3) is 0 Å². The quantitative estimate of drug-likeness (QED) is 0.893. The molecule has 0 aromatic heterocycles. The van der Waals surface area contributed by atoms with Crippen LogP contribution < -0.4 is 5.32 Å². The number of amides is 1. The van der Waals surface area contributed by atoms with Gasteiger partial charge in [0.05, 0.1) is 0 Å². The summed E-state index contributed by atoms with van der Waals surface area (Å²) in [5.74, 6) is 1.00. The van der Waals surface area contributed by atoms with Gasteiger partial charge in [-0.2, -0.15) is 0 Å². The highest BCUT2D eigenvalue weighted by molar-refractivity contribution is 9.10. The highest BCUT2D eigenvalue weighted by atomic mass is 79.9. The molecule has 1 aromatic carbocycles. The first kappa shape index (κ1) is 14.8. The molecule has 1 saturated carbocycles. The van der Waals surface area contributed by atoms with Crippen LogP contribution >= 0.6 is 28.3 Å². The van der Waals surface area contributed by atoms with Crippen LogP contribution in [-0.4, -0.2) is 37.0 Å².